The van der Waals surface area contributed by atoms with Crippen molar-refractivity contribution in [3.05, 3.63) is 23.8 Å². The number of methoxy groups -OCH3 is 2. The molecule has 6 nitrogen and oxygen atoms in total. The third-order valence-corrected chi connectivity index (χ3v) is 5.73. The van der Waals surface area contributed by atoms with Crippen LogP contribution < -0.4 is 20.5 Å². The Kier molecular flexibility index (Phi) is 7.05. The molecule has 0 bridgehead atoms. The number of nitrogens with one attached hydrogen (secondary N) is 1. The highest BCUT2D eigenvalue weighted by atomic mass is 32.2. The molecule has 7 heteroatoms. The number of aliphatic imine (C=N–C) groups is 1. The standard InChI is InChI=1S/C17H27N3O3S/c1-21-14-5-4-13(10-15(14)22-2)11-19-16(18)20-12-17(24-3)6-8-23-9-7-17/h4-5,10H,6-9,11-12H2,1-3H3,(H3,18,19,20). The number of guanidine groups is 1. The van der Waals surface area contributed by atoms with Gasteiger partial charge in [0, 0.05) is 24.5 Å². The van der Waals surface area contributed by atoms with Crippen LogP contribution in [-0.4, -0.2) is 50.9 Å². The molecule has 0 atom stereocenters. The number of thioether (sulfide) groups is 1. The molecule has 1 saturated heterocycles. The zero-order chi connectivity index (χ0) is 17.4. The Morgan fingerprint density at radius 3 is 2.62 bits per heavy atom. The van der Waals surface area contributed by atoms with E-state index >= 15 is 0 Å². The maximum atomic E-state index is 6.02. The topological polar surface area (TPSA) is 78.1 Å². The molecule has 0 amide bonds. The van der Waals surface area contributed by atoms with Gasteiger partial charge in [0.2, 0.25) is 0 Å². The van der Waals surface area contributed by atoms with Gasteiger partial charge in [-0.2, -0.15) is 11.8 Å². The predicted octanol–water partition coefficient (Wildman–Crippen LogP) is 2.02. The van der Waals surface area contributed by atoms with Crippen LogP contribution in [0.4, 0.5) is 0 Å². The average molecular weight is 353 g/mol. The van der Waals surface area contributed by atoms with Gasteiger partial charge in [0.15, 0.2) is 17.5 Å². The molecule has 134 valence electrons. The maximum Gasteiger partial charge on any atom is 0.188 e. The fourth-order valence-electron chi connectivity index (χ4n) is 2.66. The van der Waals surface area contributed by atoms with Crippen molar-refractivity contribution in [2.24, 2.45) is 10.7 Å². The van der Waals surface area contributed by atoms with Gasteiger partial charge in [0.25, 0.3) is 0 Å². The summed E-state index contributed by atoms with van der Waals surface area (Å²) in [6.07, 6.45) is 4.21. The molecule has 1 aromatic rings. The van der Waals surface area contributed by atoms with Crippen molar-refractivity contribution in [2.45, 2.75) is 24.1 Å². The van der Waals surface area contributed by atoms with Crippen molar-refractivity contribution < 1.29 is 14.2 Å². The fraction of sp³-hybridized carbons (Fsp3) is 0.588. The third kappa shape index (κ3) is 4.95. The van der Waals surface area contributed by atoms with Crippen LogP contribution in [0.5, 0.6) is 11.5 Å². The summed E-state index contributed by atoms with van der Waals surface area (Å²) in [5.41, 5.74) is 7.04. The number of nitrogens with two attached hydrogens (primary N) is 1. The molecule has 0 saturated carbocycles. The lowest BCUT2D eigenvalue weighted by atomic mass is 9.99. The molecule has 1 aliphatic heterocycles. The molecule has 24 heavy (non-hydrogen) atoms. The van der Waals surface area contributed by atoms with Gasteiger partial charge in [-0.15, -0.1) is 0 Å². The van der Waals surface area contributed by atoms with Crippen LogP contribution in [0.25, 0.3) is 0 Å². The molecule has 1 heterocycles. The van der Waals surface area contributed by atoms with E-state index in [2.05, 4.69) is 16.6 Å². The van der Waals surface area contributed by atoms with Crippen LogP contribution in [0.2, 0.25) is 0 Å². The molecular weight excluding hydrogens is 326 g/mol. The molecule has 2 rings (SSSR count). The van der Waals surface area contributed by atoms with Crippen molar-refractivity contribution in [2.75, 3.05) is 40.2 Å². The Bertz CT molecular complexity index is 560. The number of hydrogen-bond acceptors (Lipinski definition) is 5. The van der Waals surface area contributed by atoms with Gasteiger partial charge in [-0.1, -0.05) is 6.07 Å². The number of rotatable bonds is 7. The van der Waals surface area contributed by atoms with Crippen molar-refractivity contribution in [3.63, 3.8) is 0 Å². The van der Waals surface area contributed by atoms with Crippen LogP contribution >= 0.6 is 11.8 Å². The van der Waals surface area contributed by atoms with E-state index in [0.717, 1.165) is 38.2 Å². The predicted molar refractivity (Wildman–Crippen MR) is 99.2 cm³/mol. The van der Waals surface area contributed by atoms with Gasteiger partial charge in [-0.3, -0.25) is 0 Å². The second kappa shape index (κ2) is 9.03. The van der Waals surface area contributed by atoms with Crippen molar-refractivity contribution in [3.8, 4) is 11.5 Å². The summed E-state index contributed by atoms with van der Waals surface area (Å²) >= 11 is 1.88. The van der Waals surface area contributed by atoms with E-state index in [0.29, 0.717) is 24.0 Å². The smallest absolute Gasteiger partial charge is 0.188 e. The molecule has 0 spiro atoms. The minimum atomic E-state index is 0.182. The van der Waals surface area contributed by atoms with E-state index in [9.17, 15) is 0 Å². The highest BCUT2D eigenvalue weighted by Crippen LogP contribution is 2.33. The first-order valence-electron chi connectivity index (χ1n) is 8.00. The Morgan fingerprint density at radius 1 is 1.29 bits per heavy atom. The van der Waals surface area contributed by atoms with Gasteiger partial charge < -0.3 is 25.3 Å². The summed E-state index contributed by atoms with van der Waals surface area (Å²) in [5.74, 6) is 1.86. The van der Waals surface area contributed by atoms with Gasteiger partial charge in [0.05, 0.1) is 20.8 Å². The van der Waals surface area contributed by atoms with Crippen LogP contribution in [0, 0.1) is 0 Å². The number of hydrogen-bond donors (Lipinski definition) is 2. The summed E-state index contributed by atoms with van der Waals surface area (Å²) in [6.45, 7) is 2.92. The summed E-state index contributed by atoms with van der Waals surface area (Å²) in [6, 6.07) is 5.75. The molecule has 1 aliphatic rings. The molecule has 0 radical (unpaired) electrons. The minimum Gasteiger partial charge on any atom is -0.493 e. The van der Waals surface area contributed by atoms with E-state index in [4.69, 9.17) is 19.9 Å². The monoisotopic (exact) mass is 353 g/mol. The molecule has 1 aromatic carbocycles. The Labute approximate surface area is 148 Å². The molecular formula is C17H27N3O3S. The van der Waals surface area contributed by atoms with E-state index in [1.807, 2.05) is 30.0 Å². The summed E-state index contributed by atoms with van der Waals surface area (Å²) < 4.78 is 16.2. The lowest BCUT2D eigenvalue weighted by Gasteiger charge is -2.35. The normalized spacial score (nSPS) is 17.4. The van der Waals surface area contributed by atoms with Crippen molar-refractivity contribution in [1.82, 2.24) is 5.32 Å². The molecule has 1 fully saturated rings. The zero-order valence-electron chi connectivity index (χ0n) is 14.6. The van der Waals surface area contributed by atoms with Gasteiger partial charge in [0.1, 0.15) is 0 Å². The largest absolute Gasteiger partial charge is 0.493 e. The fourth-order valence-corrected chi connectivity index (χ4v) is 3.45. The van der Waals surface area contributed by atoms with Crippen molar-refractivity contribution in [1.29, 1.82) is 0 Å². The van der Waals surface area contributed by atoms with Crippen LogP contribution in [-0.2, 0) is 11.3 Å². The van der Waals surface area contributed by atoms with Crippen molar-refractivity contribution >= 4 is 17.7 Å². The summed E-state index contributed by atoms with van der Waals surface area (Å²) in [4.78, 5) is 4.42. The maximum absolute atomic E-state index is 6.02. The Hall–Kier alpha value is -1.60. The number of benzene rings is 1. The first-order chi connectivity index (χ1) is 11.6. The van der Waals surface area contributed by atoms with E-state index < -0.39 is 0 Å². The highest BCUT2D eigenvalue weighted by Gasteiger charge is 2.31. The second-order valence-electron chi connectivity index (χ2n) is 5.74. The summed E-state index contributed by atoms with van der Waals surface area (Å²) in [5, 5.41) is 3.26. The van der Waals surface area contributed by atoms with Gasteiger partial charge >= 0.3 is 0 Å². The quantitative estimate of drug-likeness (QED) is 0.577. The lowest BCUT2D eigenvalue weighted by molar-refractivity contribution is 0.0783. The van der Waals surface area contributed by atoms with E-state index in [1.54, 1.807) is 14.2 Å². The molecule has 0 aromatic heterocycles. The van der Waals surface area contributed by atoms with E-state index in [1.165, 1.54) is 0 Å². The first-order valence-corrected chi connectivity index (χ1v) is 9.22. The average Bonchev–Trinajstić information content (AvgIpc) is 2.65. The lowest BCUT2D eigenvalue weighted by Crippen LogP contribution is -2.46. The van der Waals surface area contributed by atoms with Gasteiger partial charge in [-0.05, 0) is 36.8 Å². The SMILES string of the molecule is COc1ccc(CN=C(N)NCC2(SC)CCOCC2)cc1OC. The minimum absolute atomic E-state index is 0.182. The highest BCUT2D eigenvalue weighted by molar-refractivity contribution is 8.00. The van der Waals surface area contributed by atoms with E-state index in [-0.39, 0.29) is 4.75 Å². The first kappa shape index (κ1) is 18.7. The van der Waals surface area contributed by atoms with Crippen LogP contribution in [0.15, 0.2) is 23.2 Å². The number of nitrogens with zero attached hydrogens (tertiary/aromatic N) is 1. The Balaban J connectivity index is 1.91. The van der Waals surface area contributed by atoms with Crippen LogP contribution in [0.1, 0.15) is 18.4 Å². The molecule has 3 N–H and O–H groups in total. The third-order valence-electron chi connectivity index (χ3n) is 4.31. The molecule has 0 aliphatic carbocycles. The summed E-state index contributed by atoms with van der Waals surface area (Å²) in [7, 11) is 3.24. The van der Waals surface area contributed by atoms with Crippen LogP contribution in [0.3, 0.4) is 0 Å². The molecule has 0 unspecified atom stereocenters. The zero-order valence-corrected chi connectivity index (χ0v) is 15.4. The Morgan fingerprint density at radius 2 is 2.00 bits per heavy atom. The number of ether oxygens (including phenoxy) is 3. The second-order valence-corrected chi connectivity index (χ2v) is 7.02. The van der Waals surface area contributed by atoms with Gasteiger partial charge in [-0.25, -0.2) is 4.99 Å².